The topological polar surface area (TPSA) is 12.5 Å². The Hall–Kier alpha value is -0.250. The molecule has 0 aliphatic carbocycles. The molecule has 0 aromatic heterocycles. The summed E-state index contributed by atoms with van der Waals surface area (Å²) in [5.41, 5.74) is 0. The zero-order chi connectivity index (χ0) is 13.4. The van der Waals surface area contributed by atoms with Gasteiger partial charge in [0.1, 0.15) is 5.75 Å². The van der Waals surface area contributed by atoms with Crippen LogP contribution in [0.5, 0.6) is 5.75 Å². The molecule has 0 heterocycles. The summed E-state index contributed by atoms with van der Waals surface area (Å²) in [6.45, 7) is 8.55. The van der Waals surface area contributed by atoms with Crippen LogP contribution in [-0.4, -0.2) is 31.1 Å². The molecule has 1 aromatic carbocycles. The third-order valence-corrected chi connectivity index (χ3v) is 3.77. The van der Waals surface area contributed by atoms with Crippen LogP contribution in [0.3, 0.4) is 0 Å². The Morgan fingerprint density at radius 3 is 2.56 bits per heavy atom. The zero-order valence-electron chi connectivity index (χ0n) is 11.1. The van der Waals surface area contributed by atoms with Gasteiger partial charge in [0.15, 0.2) is 0 Å². The maximum Gasteiger partial charge on any atom is 0.133 e. The molecular formula is C14H21BrClNO. The molecule has 0 spiro atoms. The van der Waals surface area contributed by atoms with E-state index in [1.54, 1.807) is 0 Å². The van der Waals surface area contributed by atoms with Crippen LogP contribution in [0.2, 0.25) is 5.02 Å². The molecule has 0 fully saturated rings. The summed E-state index contributed by atoms with van der Waals surface area (Å²) in [5.74, 6) is 0.863. The average molecular weight is 335 g/mol. The highest BCUT2D eigenvalue weighted by molar-refractivity contribution is 9.10. The molecule has 0 aliphatic heterocycles. The van der Waals surface area contributed by atoms with Crippen molar-refractivity contribution in [2.24, 2.45) is 0 Å². The van der Waals surface area contributed by atoms with Crippen LogP contribution in [0.1, 0.15) is 26.7 Å². The lowest BCUT2D eigenvalue weighted by molar-refractivity contribution is 0.265. The van der Waals surface area contributed by atoms with E-state index in [1.165, 1.54) is 6.42 Å². The van der Waals surface area contributed by atoms with E-state index < -0.39 is 0 Å². The summed E-state index contributed by atoms with van der Waals surface area (Å²) < 4.78 is 6.63. The standard InChI is InChI=1S/C14H21BrClNO/c1-3-17(4-2)9-5-6-10-18-14-8-7-12(16)11-13(14)15/h7-8,11H,3-6,9-10H2,1-2H3. The third-order valence-electron chi connectivity index (χ3n) is 2.91. The first-order valence-corrected chi connectivity index (χ1v) is 7.64. The number of hydrogen-bond donors (Lipinski definition) is 0. The van der Waals surface area contributed by atoms with E-state index in [0.29, 0.717) is 0 Å². The maximum absolute atomic E-state index is 5.88. The second-order valence-corrected chi connectivity index (χ2v) is 5.45. The number of benzene rings is 1. The Balaban J connectivity index is 2.21. The van der Waals surface area contributed by atoms with Crippen molar-refractivity contribution in [3.05, 3.63) is 27.7 Å². The first-order chi connectivity index (χ1) is 8.67. The molecule has 1 rings (SSSR count). The van der Waals surface area contributed by atoms with E-state index in [1.807, 2.05) is 18.2 Å². The van der Waals surface area contributed by atoms with Gasteiger partial charge in [0.2, 0.25) is 0 Å². The van der Waals surface area contributed by atoms with Gasteiger partial charge in [0.25, 0.3) is 0 Å². The van der Waals surface area contributed by atoms with Crippen LogP contribution in [0.25, 0.3) is 0 Å². The molecule has 0 radical (unpaired) electrons. The fourth-order valence-corrected chi connectivity index (χ4v) is 2.55. The van der Waals surface area contributed by atoms with Gasteiger partial charge in [-0.05, 0) is 66.6 Å². The lowest BCUT2D eigenvalue weighted by Crippen LogP contribution is -2.24. The average Bonchev–Trinajstić information content (AvgIpc) is 2.36. The van der Waals surface area contributed by atoms with Gasteiger partial charge in [-0.25, -0.2) is 0 Å². The fraction of sp³-hybridized carbons (Fsp3) is 0.571. The Morgan fingerprint density at radius 1 is 1.22 bits per heavy atom. The van der Waals surface area contributed by atoms with E-state index in [0.717, 1.165) is 47.9 Å². The van der Waals surface area contributed by atoms with Gasteiger partial charge < -0.3 is 9.64 Å². The van der Waals surface area contributed by atoms with Gasteiger partial charge in [0.05, 0.1) is 11.1 Å². The Morgan fingerprint density at radius 2 is 1.94 bits per heavy atom. The molecule has 1 aromatic rings. The lowest BCUT2D eigenvalue weighted by atomic mass is 10.3. The zero-order valence-corrected chi connectivity index (χ0v) is 13.4. The van der Waals surface area contributed by atoms with Crippen molar-refractivity contribution >= 4 is 27.5 Å². The van der Waals surface area contributed by atoms with Crippen LogP contribution in [0.15, 0.2) is 22.7 Å². The number of halogens is 2. The predicted octanol–water partition coefficient (Wildman–Crippen LogP) is 4.60. The van der Waals surface area contributed by atoms with Crippen LogP contribution >= 0.6 is 27.5 Å². The van der Waals surface area contributed by atoms with Gasteiger partial charge in [-0.15, -0.1) is 0 Å². The summed E-state index contributed by atoms with van der Waals surface area (Å²) in [5, 5.41) is 0.718. The number of unbranched alkanes of at least 4 members (excludes halogenated alkanes) is 1. The molecule has 0 amide bonds. The van der Waals surface area contributed by atoms with Gasteiger partial charge in [0, 0.05) is 5.02 Å². The van der Waals surface area contributed by atoms with Crippen LogP contribution in [0.4, 0.5) is 0 Å². The molecule has 0 bridgehead atoms. The van der Waals surface area contributed by atoms with Crippen molar-refractivity contribution in [1.29, 1.82) is 0 Å². The second-order valence-electron chi connectivity index (χ2n) is 4.16. The molecule has 0 unspecified atom stereocenters. The molecule has 0 saturated heterocycles. The van der Waals surface area contributed by atoms with E-state index in [2.05, 4.69) is 34.7 Å². The second kappa shape index (κ2) is 8.78. The Bertz CT molecular complexity index is 356. The van der Waals surface area contributed by atoms with Crippen molar-refractivity contribution in [1.82, 2.24) is 4.90 Å². The highest BCUT2D eigenvalue weighted by Gasteiger charge is 2.02. The Kier molecular flexibility index (Phi) is 7.71. The molecule has 102 valence electrons. The SMILES string of the molecule is CCN(CC)CCCCOc1ccc(Cl)cc1Br. The van der Waals surface area contributed by atoms with Crippen molar-refractivity contribution < 1.29 is 4.74 Å². The van der Waals surface area contributed by atoms with E-state index in [4.69, 9.17) is 16.3 Å². The highest BCUT2D eigenvalue weighted by atomic mass is 79.9. The van der Waals surface area contributed by atoms with Crippen molar-refractivity contribution in [3.63, 3.8) is 0 Å². The summed E-state index contributed by atoms with van der Waals surface area (Å²) >= 11 is 9.32. The fourth-order valence-electron chi connectivity index (χ4n) is 1.75. The molecule has 2 nitrogen and oxygen atoms in total. The van der Waals surface area contributed by atoms with Crippen LogP contribution in [0, 0.1) is 0 Å². The molecular weight excluding hydrogens is 314 g/mol. The molecule has 0 atom stereocenters. The molecule has 0 aliphatic rings. The van der Waals surface area contributed by atoms with Crippen molar-refractivity contribution in [3.8, 4) is 5.75 Å². The van der Waals surface area contributed by atoms with Crippen LogP contribution in [-0.2, 0) is 0 Å². The minimum atomic E-state index is 0.718. The summed E-state index contributed by atoms with van der Waals surface area (Å²) in [6.07, 6.45) is 2.25. The minimum Gasteiger partial charge on any atom is -0.492 e. The number of nitrogens with zero attached hydrogens (tertiary/aromatic N) is 1. The largest absolute Gasteiger partial charge is 0.492 e. The normalized spacial score (nSPS) is 10.9. The van der Waals surface area contributed by atoms with Gasteiger partial charge >= 0.3 is 0 Å². The van der Waals surface area contributed by atoms with Gasteiger partial charge in [-0.1, -0.05) is 25.4 Å². The molecule has 0 saturated carbocycles. The quantitative estimate of drug-likeness (QED) is 0.644. The monoisotopic (exact) mass is 333 g/mol. The first kappa shape index (κ1) is 15.8. The van der Waals surface area contributed by atoms with Crippen LogP contribution < -0.4 is 4.74 Å². The van der Waals surface area contributed by atoms with E-state index in [-0.39, 0.29) is 0 Å². The minimum absolute atomic E-state index is 0.718. The maximum atomic E-state index is 5.88. The molecule has 18 heavy (non-hydrogen) atoms. The summed E-state index contributed by atoms with van der Waals surface area (Å²) in [7, 11) is 0. The summed E-state index contributed by atoms with van der Waals surface area (Å²) in [4.78, 5) is 2.43. The first-order valence-electron chi connectivity index (χ1n) is 6.47. The van der Waals surface area contributed by atoms with E-state index >= 15 is 0 Å². The van der Waals surface area contributed by atoms with Crippen molar-refractivity contribution in [2.45, 2.75) is 26.7 Å². The molecule has 0 N–H and O–H groups in total. The van der Waals surface area contributed by atoms with E-state index in [9.17, 15) is 0 Å². The number of hydrogen-bond acceptors (Lipinski definition) is 2. The summed E-state index contributed by atoms with van der Waals surface area (Å²) in [6, 6.07) is 5.60. The van der Waals surface area contributed by atoms with Crippen molar-refractivity contribution in [2.75, 3.05) is 26.2 Å². The smallest absolute Gasteiger partial charge is 0.133 e. The van der Waals surface area contributed by atoms with Gasteiger partial charge in [-0.3, -0.25) is 0 Å². The molecule has 4 heteroatoms. The lowest BCUT2D eigenvalue weighted by Gasteiger charge is -2.17. The number of rotatable bonds is 8. The predicted molar refractivity (Wildman–Crippen MR) is 81.7 cm³/mol. The Labute approximate surface area is 123 Å². The number of ether oxygens (including phenoxy) is 1. The third kappa shape index (κ3) is 5.59. The highest BCUT2D eigenvalue weighted by Crippen LogP contribution is 2.28. The van der Waals surface area contributed by atoms with Gasteiger partial charge in [-0.2, -0.15) is 0 Å².